The van der Waals surface area contributed by atoms with Crippen molar-refractivity contribution >= 4 is 0 Å². The topological polar surface area (TPSA) is 72.3 Å². The molecular weight excluding hydrogens is 216 g/mol. The first-order chi connectivity index (χ1) is 8.11. The highest BCUT2D eigenvalue weighted by molar-refractivity contribution is 5.61. The second-order valence-electron chi connectivity index (χ2n) is 4.27. The summed E-state index contributed by atoms with van der Waals surface area (Å²) in [7, 11) is 0. The Bertz CT molecular complexity index is 518. The molecule has 0 aliphatic carbocycles. The summed E-state index contributed by atoms with van der Waals surface area (Å²) in [6.45, 7) is 4.35. The lowest BCUT2D eigenvalue weighted by Crippen LogP contribution is -1.97. The number of rotatable bonds is 3. The van der Waals surface area contributed by atoms with E-state index < -0.39 is 0 Å². The molecule has 1 aromatic heterocycles. The van der Waals surface area contributed by atoms with E-state index in [4.69, 9.17) is 10.2 Å². The molecule has 4 nitrogen and oxygen atoms in total. The van der Waals surface area contributed by atoms with Crippen molar-refractivity contribution in [3.63, 3.8) is 0 Å². The van der Waals surface area contributed by atoms with Crippen LogP contribution in [-0.2, 0) is 6.54 Å². The zero-order valence-corrected chi connectivity index (χ0v) is 9.97. The molecule has 17 heavy (non-hydrogen) atoms. The highest BCUT2D eigenvalue weighted by atomic mass is 16.3. The van der Waals surface area contributed by atoms with Crippen LogP contribution in [0.15, 0.2) is 28.9 Å². The molecule has 2 rings (SSSR count). The number of hydrogen-bond acceptors (Lipinski definition) is 4. The van der Waals surface area contributed by atoms with Crippen molar-refractivity contribution in [1.82, 2.24) is 4.98 Å². The van der Waals surface area contributed by atoms with Crippen LogP contribution >= 0.6 is 0 Å². The second kappa shape index (κ2) is 4.59. The first-order valence-electron chi connectivity index (χ1n) is 5.59. The van der Waals surface area contributed by atoms with E-state index in [-0.39, 0.29) is 11.7 Å². The summed E-state index contributed by atoms with van der Waals surface area (Å²) in [5.74, 6) is 1.18. The van der Waals surface area contributed by atoms with Crippen LogP contribution in [0.1, 0.15) is 31.2 Å². The van der Waals surface area contributed by atoms with Gasteiger partial charge < -0.3 is 15.3 Å². The molecule has 90 valence electrons. The lowest BCUT2D eigenvalue weighted by atomic mass is 10.1. The maximum Gasteiger partial charge on any atom is 0.197 e. The molecule has 0 saturated carbocycles. The van der Waals surface area contributed by atoms with Gasteiger partial charge in [-0.3, -0.25) is 0 Å². The Labute approximate surface area is 100 Å². The molecule has 4 heteroatoms. The SMILES string of the molecule is CC(C)c1nc(-c2ccc(O)c(CN)c2)co1. The smallest absolute Gasteiger partial charge is 0.197 e. The van der Waals surface area contributed by atoms with Gasteiger partial charge in [-0.2, -0.15) is 0 Å². The van der Waals surface area contributed by atoms with Gasteiger partial charge in [-0.25, -0.2) is 4.98 Å². The van der Waals surface area contributed by atoms with Crippen LogP contribution in [-0.4, -0.2) is 10.1 Å². The van der Waals surface area contributed by atoms with Crippen molar-refractivity contribution in [2.45, 2.75) is 26.3 Å². The van der Waals surface area contributed by atoms with Gasteiger partial charge in [-0.1, -0.05) is 13.8 Å². The van der Waals surface area contributed by atoms with Crippen LogP contribution in [0.5, 0.6) is 5.75 Å². The summed E-state index contributed by atoms with van der Waals surface area (Å²) >= 11 is 0. The van der Waals surface area contributed by atoms with E-state index in [9.17, 15) is 5.11 Å². The average Bonchev–Trinajstić information content (AvgIpc) is 2.79. The van der Waals surface area contributed by atoms with Gasteiger partial charge in [0, 0.05) is 23.6 Å². The molecule has 0 saturated heterocycles. The Hall–Kier alpha value is -1.81. The molecule has 0 aliphatic rings. The van der Waals surface area contributed by atoms with Crippen molar-refractivity contribution in [2.24, 2.45) is 5.73 Å². The number of aromatic hydroxyl groups is 1. The Morgan fingerprint density at radius 3 is 2.76 bits per heavy atom. The molecule has 0 bridgehead atoms. The molecule has 0 atom stereocenters. The van der Waals surface area contributed by atoms with Crippen molar-refractivity contribution < 1.29 is 9.52 Å². The van der Waals surface area contributed by atoms with Crippen molar-refractivity contribution in [3.05, 3.63) is 35.9 Å². The predicted molar refractivity (Wildman–Crippen MR) is 65.6 cm³/mol. The van der Waals surface area contributed by atoms with Gasteiger partial charge in [0.1, 0.15) is 17.7 Å². The van der Waals surface area contributed by atoms with Crippen LogP contribution in [0, 0.1) is 0 Å². The molecular formula is C13H16N2O2. The van der Waals surface area contributed by atoms with E-state index in [1.807, 2.05) is 19.9 Å². The Kier molecular flexibility index (Phi) is 3.15. The predicted octanol–water partition coefficient (Wildman–Crippen LogP) is 2.63. The van der Waals surface area contributed by atoms with Gasteiger partial charge in [-0.15, -0.1) is 0 Å². The van der Waals surface area contributed by atoms with E-state index in [1.165, 1.54) is 0 Å². The Morgan fingerprint density at radius 2 is 2.18 bits per heavy atom. The summed E-state index contributed by atoms with van der Waals surface area (Å²) in [6.07, 6.45) is 1.63. The van der Waals surface area contributed by atoms with Crippen LogP contribution in [0.25, 0.3) is 11.3 Å². The maximum atomic E-state index is 9.55. The lowest BCUT2D eigenvalue weighted by molar-refractivity contribution is 0.468. The first-order valence-corrected chi connectivity index (χ1v) is 5.59. The average molecular weight is 232 g/mol. The standard InChI is InChI=1S/C13H16N2O2/c1-8(2)13-15-11(7-17-13)9-3-4-12(16)10(5-9)6-14/h3-5,7-8,16H,6,14H2,1-2H3. The third-order valence-electron chi connectivity index (χ3n) is 2.61. The van der Waals surface area contributed by atoms with Crippen LogP contribution < -0.4 is 5.73 Å². The Balaban J connectivity index is 2.38. The molecule has 1 aromatic carbocycles. The summed E-state index contributed by atoms with van der Waals surface area (Å²) in [5.41, 5.74) is 7.92. The molecule has 1 heterocycles. The minimum absolute atomic E-state index is 0.212. The molecule has 0 spiro atoms. The largest absolute Gasteiger partial charge is 0.508 e. The summed E-state index contributed by atoms with van der Waals surface area (Å²) in [5, 5.41) is 9.55. The van der Waals surface area contributed by atoms with Gasteiger partial charge >= 0.3 is 0 Å². The van der Waals surface area contributed by atoms with Crippen LogP contribution in [0.4, 0.5) is 0 Å². The third-order valence-corrected chi connectivity index (χ3v) is 2.61. The van der Waals surface area contributed by atoms with Crippen LogP contribution in [0.3, 0.4) is 0 Å². The van der Waals surface area contributed by atoms with E-state index in [0.29, 0.717) is 18.0 Å². The highest BCUT2D eigenvalue weighted by Gasteiger charge is 2.10. The number of nitrogens with two attached hydrogens (primary N) is 1. The molecule has 2 aromatic rings. The number of hydrogen-bond donors (Lipinski definition) is 2. The highest BCUT2D eigenvalue weighted by Crippen LogP contribution is 2.26. The number of aromatic nitrogens is 1. The zero-order valence-electron chi connectivity index (χ0n) is 9.97. The third kappa shape index (κ3) is 2.31. The van der Waals surface area contributed by atoms with Gasteiger partial charge in [-0.05, 0) is 18.2 Å². The fraction of sp³-hybridized carbons (Fsp3) is 0.308. The molecule has 0 unspecified atom stereocenters. The lowest BCUT2D eigenvalue weighted by Gasteiger charge is -2.03. The monoisotopic (exact) mass is 232 g/mol. The number of phenolic OH excluding ortho intramolecular Hbond substituents is 1. The van der Waals surface area contributed by atoms with Gasteiger partial charge in [0.15, 0.2) is 5.89 Å². The van der Waals surface area contributed by atoms with E-state index in [1.54, 1.807) is 18.4 Å². The summed E-state index contributed by atoms with van der Waals surface area (Å²) in [6, 6.07) is 5.26. The maximum absolute atomic E-state index is 9.55. The first kappa shape index (κ1) is 11.7. The summed E-state index contributed by atoms with van der Waals surface area (Å²) < 4.78 is 5.38. The number of benzene rings is 1. The minimum atomic E-state index is 0.212. The van der Waals surface area contributed by atoms with E-state index in [2.05, 4.69) is 4.98 Å². The number of oxazole rings is 1. The molecule has 3 N–H and O–H groups in total. The quantitative estimate of drug-likeness (QED) is 0.853. The second-order valence-corrected chi connectivity index (χ2v) is 4.27. The van der Waals surface area contributed by atoms with Gasteiger partial charge in [0.05, 0.1) is 0 Å². The zero-order chi connectivity index (χ0) is 12.4. The number of nitrogens with zero attached hydrogens (tertiary/aromatic N) is 1. The Morgan fingerprint density at radius 1 is 1.41 bits per heavy atom. The molecule has 0 aliphatic heterocycles. The fourth-order valence-corrected chi connectivity index (χ4v) is 1.59. The minimum Gasteiger partial charge on any atom is -0.508 e. The van der Waals surface area contributed by atoms with Crippen molar-refractivity contribution in [1.29, 1.82) is 0 Å². The molecule has 0 amide bonds. The van der Waals surface area contributed by atoms with E-state index in [0.717, 1.165) is 11.3 Å². The van der Waals surface area contributed by atoms with Crippen LogP contribution in [0.2, 0.25) is 0 Å². The normalized spacial score (nSPS) is 11.1. The van der Waals surface area contributed by atoms with Crippen molar-refractivity contribution in [3.8, 4) is 17.0 Å². The number of phenols is 1. The van der Waals surface area contributed by atoms with Gasteiger partial charge in [0.25, 0.3) is 0 Å². The summed E-state index contributed by atoms with van der Waals surface area (Å²) in [4.78, 5) is 4.40. The van der Waals surface area contributed by atoms with E-state index >= 15 is 0 Å². The van der Waals surface area contributed by atoms with Crippen molar-refractivity contribution in [2.75, 3.05) is 0 Å². The fourth-order valence-electron chi connectivity index (χ4n) is 1.59. The van der Waals surface area contributed by atoms with Gasteiger partial charge in [0.2, 0.25) is 0 Å². The molecule has 0 radical (unpaired) electrons. The molecule has 0 fully saturated rings.